The molecule has 0 aliphatic carbocycles. The highest BCUT2D eigenvalue weighted by molar-refractivity contribution is 7.09. The fourth-order valence-corrected chi connectivity index (χ4v) is 3.51. The Morgan fingerprint density at radius 3 is 2.87 bits per heavy atom. The van der Waals surface area contributed by atoms with Crippen LogP contribution in [0.15, 0.2) is 9.32 Å². The summed E-state index contributed by atoms with van der Waals surface area (Å²) in [5.41, 5.74) is 1.02. The molecule has 1 aliphatic rings. The van der Waals surface area contributed by atoms with E-state index in [1.165, 1.54) is 11.3 Å². The van der Waals surface area contributed by atoms with Crippen molar-refractivity contribution in [2.24, 2.45) is 0 Å². The highest BCUT2D eigenvalue weighted by Gasteiger charge is 2.25. The Kier molecular flexibility index (Phi) is 5.96. The lowest BCUT2D eigenvalue weighted by Gasteiger charge is -2.30. The van der Waals surface area contributed by atoms with E-state index in [9.17, 15) is 4.79 Å². The number of piperazine rings is 1. The molecule has 1 N–H and O–H groups in total. The van der Waals surface area contributed by atoms with Gasteiger partial charge in [-0.05, 0) is 20.9 Å². The van der Waals surface area contributed by atoms with Crippen molar-refractivity contribution < 1.29 is 4.52 Å². The van der Waals surface area contributed by atoms with Crippen LogP contribution in [-0.2, 0) is 13.0 Å². The van der Waals surface area contributed by atoms with Crippen molar-refractivity contribution in [1.29, 1.82) is 0 Å². The summed E-state index contributed by atoms with van der Waals surface area (Å²) in [6, 6.07) is 0.152. The molecule has 3 rings (SSSR count). The maximum atomic E-state index is 11.9. The smallest absolute Gasteiger partial charge is 0.307 e. The van der Waals surface area contributed by atoms with Gasteiger partial charge in [0.05, 0.1) is 6.04 Å². The van der Waals surface area contributed by atoms with Crippen molar-refractivity contribution in [2.75, 3.05) is 26.7 Å². The van der Waals surface area contributed by atoms with E-state index in [-0.39, 0.29) is 23.3 Å². The predicted octanol–water partition coefficient (Wildman–Crippen LogP) is 1.15. The van der Waals surface area contributed by atoms with E-state index < -0.39 is 0 Å². The molecule has 1 unspecified atom stereocenters. The molecular formula is C14H22ClN5O2S. The minimum atomic E-state index is 0. The minimum absolute atomic E-state index is 0. The maximum absolute atomic E-state index is 11.9. The number of aryl methyl sites for hydroxylation is 2. The second-order valence-electron chi connectivity index (χ2n) is 5.66. The molecule has 0 bridgehead atoms. The van der Waals surface area contributed by atoms with E-state index >= 15 is 0 Å². The number of nitrogens with one attached hydrogen (secondary N) is 1. The molecule has 7 nitrogen and oxygen atoms in total. The summed E-state index contributed by atoms with van der Waals surface area (Å²) in [5.74, 6) is 1.30. The molecule has 1 atom stereocenters. The molecule has 0 radical (unpaired) electrons. The largest absolute Gasteiger partial charge is 0.339 e. The molecule has 3 heterocycles. The van der Waals surface area contributed by atoms with E-state index in [1.807, 2.05) is 13.8 Å². The number of halogens is 1. The van der Waals surface area contributed by atoms with Gasteiger partial charge in [-0.15, -0.1) is 12.4 Å². The topological polar surface area (TPSA) is 76.2 Å². The van der Waals surface area contributed by atoms with Gasteiger partial charge >= 0.3 is 4.87 Å². The van der Waals surface area contributed by atoms with E-state index in [2.05, 4.69) is 27.4 Å². The first-order valence-corrected chi connectivity index (χ1v) is 8.28. The maximum Gasteiger partial charge on any atom is 0.307 e. The van der Waals surface area contributed by atoms with Crippen molar-refractivity contribution in [3.05, 3.63) is 32.0 Å². The second kappa shape index (κ2) is 7.57. The van der Waals surface area contributed by atoms with Gasteiger partial charge in [0, 0.05) is 43.2 Å². The third-order valence-electron chi connectivity index (χ3n) is 4.22. The van der Waals surface area contributed by atoms with Crippen molar-refractivity contribution in [1.82, 2.24) is 24.9 Å². The van der Waals surface area contributed by atoms with Crippen LogP contribution in [0.1, 0.15) is 28.3 Å². The summed E-state index contributed by atoms with van der Waals surface area (Å²) < 4.78 is 7.12. The fourth-order valence-electron chi connectivity index (χ4n) is 2.65. The molecule has 0 amide bonds. The standard InChI is InChI=1S/C14H21N5O2S.ClH/c1-9-10(2)22-14(20)19(9)6-4-12-16-13(17-21-12)11-8-15-5-7-18(11)3;/h11,15H,4-8H2,1-3H3;1H. The van der Waals surface area contributed by atoms with Gasteiger partial charge in [-0.25, -0.2) is 0 Å². The van der Waals surface area contributed by atoms with Crippen LogP contribution in [0.25, 0.3) is 0 Å². The summed E-state index contributed by atoms with van der Waals surface area (Å²) in [4.78, 5) is 19.7. The molecule has 1 saturated heterocycles. The average molecular weight is 360 g/mol. The molecule has 2 aromatic heterocycles. The fraction of sp³-hybridized carbons (Fsp3) is 0.643. The van der Waals surface area contributed by atoms with Crippen molar-refractivity contribution in [3.63, 3.8) is 0 Å². The third kappa shape index (κ3) is 3.82. The average Bonchev–Trinajstić information content (AvgIpc) is 3.04. The molecular weight excluding hydrogens is 338 g/mol. The van der Waals surface area contributed by atoms with E-state index in [1.54, 1.807) is 4.57 Å². The van der Waals surface area contributed by atoms with Gasteiger partial charge in [-0.1, -0.05) is 16.5 Å². The number of hydrogen-bond acceptors (Lipinski definition) is 7. The summed E-state index contributed by atoms with van der Waals surface area (Å²) in [6.45, 7) is 7.30. The Hall–Kier alpha value is -1.22. The number of aromatic nitrogens is 3. The molecule has 1 aliphatic heterocycles. The quantitative estimate of drug-likeness (QED) is 0.882. The molecule has 0 spiro atoms. The summed E-state index contributed by atoms with van der Waals surface area (Å²) in [6.07, 6.45) is 0.577. The van der Waals surface area contributed by atoms with Crippen molar-refractivity contribution in [3.8, 4) is 0 Å². The zero-order valence-electron chi connectivity index (χ0n) is 13.5. The highest BCUT2D eigenvalue weighted by atomic mass is 35.5. The molecule has 0 saturated carbocycles. The summed E-state index contributed by atoms with van der Waals surface area (Å²) in [7, 11) is 2.07. The van der Waals surface area contributed by atoms with Crippen molar-refractivity contribution in [2.45, 2.75) is 32.9 Å². The first-order valence-electron chi connectivity index (χ1n) is 7.46. The van der Waals surface area contributed by atoms with Crippen LogP contribution in [0.2, 0.25) is 0 Å². The highest BCUT2D eigenvalue weighted by Crippen LogP contribution is 2.18. The van der Waals surface area contributed by atoms with Gasteiger partial charge in [0.25, 0.3) is 0 Å². The molecule has 2 aromatic rings. The number of likely N-dealkylation sites (N-methyl/N-ethyl adjacent to an activating group) is 1. The molecule has 23 heavy (non-hydrogen) atoms. The van der Waals surface area contributed by atoms with Crippen LogP contribution in [0.3, 0.4) is 0 Å². The van der Waals surface area contributed by atoms with Crippen LogP contribution in [-0.4, -0.2) is 46.3 Å². The number of rotatable bonds is 4. The van der Waals surface area contributed by atoms with Crippen molar-refractivity contribution >= 4 is 23.7 Å². The molecule has 0 aromatic carbocycles. The zero-order chi connectivity index (χ0) is 15.7. The minimum Gasteiger partial charge on any atom is -0.339 e. The molecule has 1 fully saturated rings. The van der Waals surface area contributed by atoms with Crippen LogP contribution in [0.4, 0.5) is 0 Å². The van der Waals surface area contributed by atoms with Gasteiger partial charge in [0.2, 0.25) is 5.89 Å². The van der Waals surface area contributed by atoms with Crippen LogP contribution in [0.5, 0.6) is 0 Å². The first kappa shape index (κ1) is 18.1. The number of thiazole rings is 1. The predicted molar refractivity (Wildman–Crippen MR) is 91.5 cm³/mol. The van der Waals surface area contributed by atoms with Gasteiger partial charge in [-0.2, -0.15) is 4.98 Å². The first-order chi connectivity index (χ1) is 10.6. The Morgan fingerprint density at radius 2 is 2.22 bits per heavy atom. The lowest BCUT2D eigenvalue weighted by Crippen LogP contribution is -2.44. The Balaban J connectivity index is 0.00000192. The van der Waals surface area contributed by atoms with Crippen LogP contribution >= 0.6 is 23.7 Å². The van der Waals surface area contributed by atoms with E-state index in [0.717, 1.165) is 36.0 Å². The normalized spacial score (nSPS) is 18.8. The van der Waals surface area contributed by atoms with Gasteiger partial charge in [0.1, 0.15) is 0 Å². The van der Waals surface area contributed by atoms with Crippen LogP contribution in [0, 0.1) is 13.8 Å². The Bertz CT molecular complexity index is 710. The summed E-state index contributed by atoms with van der Waals surface area (Å²) >= 11 is 1.29. The van der Waals surface area contributed by atoms with Gasteiger partial charge in [-0.3, -0.25) is 9.69 Å². The monoisotopic (exact) mass is 359 g/mol. The van der Waals surface area contributed by atoms with Gasteiger partial charge < -0.3 is 14.4 Å². The van der Waals surface area contributed by atoms with E-state index in [0.29, 0.717) is 18.9 Å². The SMILES string of the molecule is Cc1sc(=O)n(CCc2nc(C3CNCCN3C)no2)c1C.Cl. The van der Waals surface area contributed by atoms with E-state index in [4.69, 9.17) is 4.52 Å². The molecule has 9 heteroatoms. The lowest BCUT2D eigenvalue weighted by molar-refractivity contribution is 0.190. The number of hydrogen-bond donors (Lipinski definition) is 1. The molecule has 128 valence electrons. The third-order valence-corrected chi connectivity index (χ3v) is 5.21. The Morgan fingerprint density at radius 1 is 1.43 bits per heavy atom. The summed E-state index contributed by atoms with van der Waals surface area (Å²) in [5, 5.41) is 7.44. The van der Waals surface area contributed by atoms with Crippen LogP contribution < -0.4 is 10.2 Å². The zero-order valence-corrected chi connectivity index (χ0v) is 15.2. The lowest BCUT2D eigenvalue weighted by atomic mass is 10.2. The Labute approximate surface area is 145 Å². The second-order valence-corrected chi connectivity index (χ2v) is 6.82. The number of nitrogens with zero attached hydrogens (tertiary/aromatic N) is 4. The van der Waals surface area contributed by atoms with Gasteiger partial charge in [0.15, 0.2) is 5.82 Å².